The van der Waals surface area contributed by atoms with Gasteiger partial charge in [-0.2, -0.15) is 18.3 Å². The van der Waals surface area contributed by atoms with E-state index in [0.717, 1.165) is 12.1 Å². The predicted octanol–water partition coefficient (Wildman–Crippen LogP) is 1.66. The van der Waals surface area contributed by atoms with Gasteiger partial charge >= 0.3 is 18.0 Å². The predicted molar refractivity (Wildman–Crippen MR) is 96.9 cm³/mol. The quantitative estimate of drug-likeness (QED) is 0.382. The van der Waals surface area contributed by atoms with Crippen molar-refractivity contribution in [1.29, 1.82) is 0 Å². The standard InChI is InChI=1S/C18H15F3N4O4/c19-18(20,21)12-4-2-5-13(8-12)24-16(27)17(28)25-23-9-11-3-1-6-14(7-11)29-10-15(22)26/h1-9H,10H2,(H2,22,26)(H,24,27)(H,25,28)/b23-9-. The van der Waals surface area contributed by atoms with E-state index in [-0.39, 0.29) is 12.3 Å². The molecular formula is C18H15F3N4O4. The second-order valence-corrected chi connectivity index (χ2v) is 5.56. The normalized spacial score (nSPS) is 11.1. The highest BCUT2D eigenvalue weighted by molar-refractivity contribution is 6.39. The number of nitrogens with two attached hydrogens (primary N) is 1. The van der Waals surface area contributed by atoms with Crippen molar-refractivity contribution in [1.82, 2.24) is 5.43 Å². The number of nitrogens with one attached hydrogen (secondary N) is 2. The molecule has 3 amide bonds. The first kappa shape index (κ1) is 21.4. The summed E-state index contributed by atoms with van der Waals surface area (Å²) in [6.45, 7) is -0.312. The Hall–Kier alpha value is -3.89. The topological polar surface area (TPSA) is 123 Å². The lowest BCUT2D eigenvalue weighted by Gasteiger charge is -2.09. The molecule has 152 valence electrons. The number of anilines is 1. The molecule has 0 aliphatic heterocycles. The smallest absolute Gasteiger partial charge is 0.416 e. The minimum atomic E-state index is -4.58. The summed E-state index contributed by atoms with van der Waals surface area (Å²) in [4.78, 5) is 34.2. The zero-order chi connectivity index (χ0) is 21.4. The maximum Gasteiger partial charge on any atom is 0.416 e. The van der Waals surface area contributed by atoms with Crippen molar-refractivity contribution in [2.24, 2.45) is 10.8 Å². The van der Waals surface area contributed by atoms with Crippen LogP contribution in [0.3, 0.4) is 0 Å². The molecular weight excluding hydrogens is 393 g/mol. The maximum absolute atomic E-state index is 12.7. The molecule has 2 aromatic rings. The molecule has 0 aliphatic rings. The number of hydrogen-bond acceptors (Lipinski definition) is 5. The van der Waals surface area contributed by atoms with Gasteiger partial charge < -0.3 is 15.8 Å². The van der Waals surface area contributed by atoms with E-state index < -0.39 is 29.5 Å². The molecule has 11 heteroatoms. The number of carbonyl (C=O) groups excluding carboxylic acids is 3. The van der Waals surface area contributed by atoms with E-state index in [0.29, 0.717) is 17.4 Å². The van der Waals surface area contributed by atoms with Gasteiger partial charge in [-0.25, -0.2) is 5.43 Å². The summed E-state index contributed by atoms with van der Waals surface area (Å²) >= 11 is 0. The van der Waals surface area contributed by atoms with Crippen molar-refractivity contribution >= 4 is 29.6 Å². The Morgan fingerprint density at radius 1 is 1.07 bits per heavy atom. The summed E-state index contributed by atoms with van der Waals surface area (Å²) in [6, 6.07) is 10.1. The van der Waals surface area contributed by atoms with Gasteiger partial charge in [0.2, 0.25) is 0 Å². The molecule has 0 atom stereocenters. The van der Waals surface area contributed by atoms with Crippen LogP contribution >= 0.6 is 0 Å². The van der Waals surface area contributed by atoms with Gasteiger partial charge in [-0.3, -0.25) is 14.4 Å². The lowest BCUT2D eigenvalue weighted by molar-refractivity contribution is -0.137. The molecule has 0 saturated carbocycles. The molecule has 8 nitrogen and oxygen atoms in total. The van der Waals surface area contributed by atoms with Crippen molar-refractivity contribution in [3.05, 3.63) is 59.7 Å². The summed E-state index contributed by atoms with van der Waals surface area (Å²) in [5, 5.41) is 5.64. The van der Waals surface area contributed by atoms with Gasteiger partial charge in [0.15, 0.2) is 6.61 Å². The number of benzene rings is 2. The lowest BCUT2D eigenvalue weighted by Crippen LogP contribution is -2.32. The van der Waals surface area contributed by atoms with E-state index in [2.05, 4.69) is 10.4 Å². The van der Waals surface area contributed by atoms with Gasteiger partial charge in [0.25, 0.3) is 5.91 Å². The Kier molecular flexibility index (Phi) is 6.90. The molecule has 0 saturated heterocycles. The van der Waals surface area contributed by atoms with Crippen LogP contribution in [-0.4, -0.2) is 30.5 Å². The fourth-order valence-corrected chi connectivity index (χ4v) is 2.02. The van der Waals surface area contributed by atoms with Crippen LogP contribution in [0.4, 0.5) is 18.9 Å². The third-order valence-corrected chi connectivity index (χ3v) is 3.27. The SMILES string of the molecule is NC(=O)COc1cccc(/C=N\NC(=O)C(=O)Nc2cccc(C(F)(F)F)c2)c1. The van der Waals surface area contributed by atoms with Crippen molar-refractivity contribution in [2.75, 3.05) is 11.9 Å². The Bertz CT molecular complexity index is 945. The first-order chi connectivity index (χ1) is 13.6. The summed E-state index contributed by atoms with van der Waals surface area (Å²) < 4.78 is 43.1. The number of alkyl halides is 3. The molecule has 0 fully saturated rings. The van der Waals surface area contributed by atoms with E-state index in [4.69, 9.17) is 10.5 Å². The zero-order valence-electron chi connectivity index (χ0n) is 14.7. The second-order valence-electron chi connectivity index (χ2n) is 5.56. The number of carbonyl (C=O) groups is 3. The largest absolute Gasteiger partial charge is 0.484 e. The van der Waals surface area contributed by atoms with Crippen molar-refractivity contribution in [3.63, 3.8) is 0 Å². The Labute approximate surface area is 162 Å². The van der Waals surface area contributed by atoms with Crippen molar-refractivity contribution in [2.45, 2.75) is 6.18 Å². The molecule has 2 rings (SSSR count). The van der Waals surface area contributed by atoms with Crippen molar-refractivity contribution < 1.29 is 32.3 Å². The first-order valence-electron chi connectivity index (χ1n) is 7.98. The summed E-state index contributed by atoms with van der Waals surface area (Å²) in [5.74, 6) is -2.69. The van der Waals surface area contributed by atoms with E-state index in [1.54, 1.807) is 18.2 Å². The molecule has 2 aromatic carbocycles. The molecule has 0 unspecified atom stereocenters. The molecule has 29 heavy (non-hydrogen) atoms. The second kappa shape index (κ2) is 9.35. The van der Waals surface area contributed by atoms with Crippen LogP contribution in [0.2, 0.25) is 0 Å². The van der Waals surface area contributed by atoms with Crippen LogP contribution in [0.5, 0.6) is 5.75 Å². The van der Waals surface area contributed by atoms with Gasteiger partial charge in [0, 0.05) is 5.69 Å². The fourth-order valence-electron chi connectivity index (χ4n) is 2.02. The molecule has 0 spiro atoms. The van der Waals surface area contributed by atoms with E-state index in [1.807, 2.05) is 5.43 Å². The number of hydrazone groups is 1. The van der Waals surface area contributed by atoms with Crippen LogP contribution in [-0.2, 0) is 20.6 Å². The maximum atomic E-state index is 12.7. The van der Waals surface area contributed by atoms with Crippen LogP contribution in [0, 0.1) is 0 Å². The minimum Gasteiger partial charge on any atom is -0.484 e. The molecule has 4 N–H and O–H groups in total. The van der Waals surface area contributed by atoms with Crippen LogP contribution in [0.1, 0.15) is 11.1 Å². The van der Waals surface area contributed by atoms with Gasteiger partial charge in [-0.15, -0.1) is 0 Å². The molecule has 0 bridgehead atoms. The number of amides is 3. The third kappa shape index (κ3) is 6.97. The molecule has 0 heterocycles. The van der Waals surface area contributed by atoms with Gasteiger partial charge in [0.05, 0.1) is 11.8 Å². The van der Waals surface area contributed by atoms with E-state index in [1.165, 1.54) is 18.3 Å². The van der Waals surface area contributed by atoms with Crippen LogP contribution < -0.4 is 21.2 Å². The third-order valence-electron chi connectivity index (χ3n) is 3.27. The average molecular weight is 408 g/mol. The zero-order valence-corrected chi connectivity index (χ0v) is 14.7. The fraction of sp³-hybridized carbons (Fsp3) is 0.111. The minimum absolute atomic E-state index is 0.191. The van der Waals surface area contributed by atoms with Crippen LogP contribution in [0.15, 0.2) is 53.6 Å². The van der Waals surface area contributed by atoms with E-state index >= 15 is 0 Å². The molecule has 0 aromatic heterocycles. The number of nitrogens with zero attached hydrogens (tertiary/aromatic N) is 1. The number of rotatable bonds is 6. The Morgan fingerprint density at radius 3 is 2.48 bits per heavy atom. The highest BCUT2D eigenvalue weighted by atomic mass is 19.4. The number of hydrogen-bond donors (Lipinski definition) is 3. The van der Waals surface area contributed by atoms with Gasteiger partial charge in [0.1, 0.15) is 5.75 Å². The Morgan fingerprint density at radius 2 is 1.79 bits per heavy atom. The molecule has 0 radical (unpaired) electrons. The van der Waals surface area contributed by atoms with Gasteiger partial charge in [-0.05, 0) is 35.9 Å². The first-order valence-corrected chi connectivity index (χ1v) is 7.98. The summed E-state index contributed by atoms with van der Waals surface area (Å²) in [7, 11) is 0. The van der Waals surface area contributed by atoms with Crippen LogP contribution in [0.25, 0.3) is 0 Å². The summed E-state index contributed by atoms with van der Waals surface area (Å²) in [6.07, 6.45) is -3.38. The highest BCUT2D eigenvalue weighted by Gasteiger charge is 2.30. The van der Waals surface area contributed by atoms with Gasteiger partial charge in [-0.1, -0.05) is 18.2 Å². The average Bonchev–Trinajstić information content (AvgIpc) is 2.66. The number of ether oxygens (including phenoxy) is 1. The van der Waals surface area contributed by atoms with E-state index in [9.17, 15) is 27.6 Å². The molecule has 0 aliphatic carbocycles. The highest BCUT2D eigenvalue weighted by Crippen LogP contribution is 2.30. The summed E-state index contributed by atoms with van der Waals surface area (Å²) in [5.41, 5.74) is 6.24. The van der Waals surface area contributed by atoms with Crippen molar-refractivity contribution in [3.8, 4) is 5.75 Å². The lowest BCUT2D eigenvalue weighted by atomic mass is 10.2. The monoisotopic (exact) mass is 408 g/mol. The number of primary amides is 1. The number of halogens is 3. The Balaban J connectivity index is 1.93.